The summed E-state index contributed by atoms with van der Waals surface area (Å²) < 4.78 is 0. The molecule has 0 bridgehead atoms. The third-order valence-electron chi connectivity index (χ3n) is 4.48. The van der Waals surface area contributed by atoms with E-state index in [1.165, 1.54) is 25.7 Å². The van der Waals surface area contributed by atoms with Crippen LogP contribution in [0.4, 0.5) is 0 Å². The molecule has 1 amide bonds. The number of hydrogen-bond donors (Lipinski definition) is 1. The van der Waals surface area contributed by atoms with Crippen LogP contribution < -0.4 is 0 Å². The summed E-state index contributed by atoms with van der Waals surface area (Å²) in [6.07, 6.45) is 6.77. The highest BCUT2D eigenvalue weighted by Crippen LogP contribution is 2.30. The zero-order valence-electron chi connectivity index (χ0n) is 11.1. The van der Waals surface area contributed by atoms with Crippen LogP contribution in [0, 0.1) is 11.8 Å². The van der Waals surface area contributed by atoms with Crippen LogP contribution in [0.2, 0.25) is 0 Å². The fraction of sp³-hybridized carbons (Fsp3) is 0.857. The minimum Gasteiger partial charge on any atom is -0.481 e. The highest BCUT2D eigenvalue weighted by atomic mass is 16.4. The summed E-state index contributed by atoms with van der Waals surface area (Å²) in [5, 5.41) is 9.01. The highest BCUT2D eigenvalue weighted by Gasteiger charge is 2.33. The number of carboxylic acids is 1. The lowest BCUT2D eigenvalue weighted by molar-refractivity contribution is -0.147. The molecule has 2 fully saturated rings. The molecule has 2 unspecified atom stereocenters. The largest absolute Gasteiger partial charge is 0.481 e. The number of rotatable bonds is 3. The number of amides is 1. The minimum atomic E-state index is -0.718. The number of aliphatic carboxylic acids is 1. The summed E-state index contributed by atoms with van der Waals surface area (Å²) in [5.74, 6) is -0.180. The van der Waals surface area contributed by atoms with Gasteiger partial charge in [0.05, 0.1) is 5.92 Å². The van der Waals surface area contributed by atoms with Crippen LogP contribution >= 0.6 is 0 Å². The van der Waals surface area contributed by atoms with Crippen molar-refractivity contribution in [1.29, 1.82) is 0 Å². The molecule has 0 aromatic carbocycles. The van der Waals surface area contributed by atoms with Crippen molar-refractivity contribution in [3.05, 3.63) is 0 Å². The quantitative estimate of drug-likeness (QED) is 0.839. The molecule has 1 aliphatic carbocycles. The van der Waals surface area contributed by atoms with E-state index in [1.54, 1.807) is 0 Å². The van der Waals surface area contributed by atoms with Gasteiger partial charge in [0, 0.05) is 19.0 Å². The van der Waals surface area contributed by atoms with Crippen LogP contribution in [-0.4, -0.2) is 34.5 Å². The minimum absolute atomic E-state index is 0.0775. The van der Waals surface area contributed by atoms with Gasteiger partial charge in [0.2, 0.25) is 5.91 Å². The molecule has 0 spiro atoms. The van der Waals surface area contributed by atoms with Gasteiger partial charge in [-0.1, -0.05) is 12.8 Å². The molecule has 1 N–H and O–H groups in total. The molecular formula is C14H23NO3. The van der Waals surface area contributed by atoms with Crippen molar-refractivity contribution in [3.63, 3.8) is 0 Å². The first-order valence-electron chi connectivity index (χ1n) is 7.10. The maximum Gasteiger partial charge on any atom is 0.306 e. The van der Waals surface area contributed by atoms with Crippen molar-refractivity contribution < 1.29 is 14.7 Å². The summed E-state index contributed by atoms with van der Waals surface area (Å²) >= 11 is 0. The smallest absolute Gasteiger partial charge is 0.306 e. The van der Waals surface area contributed by atoms with Gasteiger partial charge in [-0.15, -0.1) is 0 Å². The molecular weight excluding hydrogens is 230 g/mol. The van der Waals surface area contributed by atoms with Gasteiger partial charge < -0.3 is 10.0 Å². The molecule has 2 rings (SSSR count). The number of nitrogens with zero attached hydrogens (tertiary/aromatic N) is 1. The average molecular weight is 253 g/mol. The molecule has 2 aliphatic rings. The lowest BCUT2D eigenvalue weighted by Crippen LogP contribution is -2.46. The zero-order valence-corrected chi connectivity index (χ0v) is 11.1. The Kier molecular flexibility index (Phi) is 4.25. The molecule has 102 valence electrons. The first kappa shape index (κ1) is 13.4. The van der Waals surface area contributed by atoms with Gasteiger partial charge in [0.15, 0.2) is 0 Å². The SMILES string of the molecule is CC1CC(C(=O)O)CCN1C(=O)CC1CCCC1. The number of likely N-dealkylation sites (tertiary alicyclic amines) is 1. The van der Waals surface area contributed by atoms with Gasteiger partial charge >= 0.3 is 5.97 Å². The van der Waals surface area contributed by atoms with E-state index in [1.807, 2.05) is 11.8 Å². The maximum absolute atomic E-state index is 12.2. The van der Waals surface area contributed by atoms with E-state index in [2.05, 4.69) is 0 Å². The van der Waals surface area contributed by atoms with Crippen LogP contribution in [0.5, 0.6) is 0 Å². The molecule has 2 atom stereocenters. The molecule has 0 radical (unpaired) electrons. The van der Waals surface area contributed by atoms with Crippen LogP contribution in [0.3, 0.4) is 0 Å². The Labute approximate surface area is 108 Å². The van der Waals surface area contributed by atoms with Crippen molar-refractivity contribution in [2.45, 2.75) is 57.9 Å². The Morgan fingerprint density at radius 1 is 1.22 bits per heavy atom. The summed E-state index contributed by atoms with van der Waals surface area (Å²) in [6.45, 7) is 2.59. The molecule has 4 heteroatoms. The van der Waals surface area contributed by atoms with Crippen molar-refractivity contribution >= 4 is 11.9 Å². The molecule has 4 nitrogen and oxygen atoms in total. The Morgan fingerprint density at radius 3 is 2.44 bits per heavy atom. The maximum atomic E-state index is 12.2. The van der Waals surface area contributed by atoms with Crippen LogP contribution in [0.25, 0.3) is 0 Å². The normalized spacial score (nSPS) is 29.5. The van der Waals surface area contributed by atoms with E-state index in [0.29, 0.717) is 31.7 Å². The molecule has 1 aliphatic heterocycles. The number of carbonyl (C=O) groups is 2. The second-order valence-electron chi connectivity index (χ2n) is 5.85. The molecule has 0 aromatic rings. The third kappa shape index (κ3) is 3.03. The fourth-order valence-corrected chi connectivity index (χ4v) is 3.35. The number of carbonyl (C=O) groups excluding carboxylic acids is 1. The van der Waals surface area contributed by atoms with Gasteiger partial charge in [0.1, 0.15) is 0 Å². The van der Waals surface area contributed by atoms with Crippen LogP contribution in [0.1, 0.15) is 51.9 Å². The van der Waals surface area contributed by atoms with Crippen LogP contribution in [0.15, 0.2) is 0 Å². The van der Waals surface area contributed by atoms with E-state index in [9.17, 15) is 9.59 Å². The zero-order chi connectivity index (χ0) is 13.1. The highest BCUT2D eigenvalue weighted by molar-refractivity contribution is 5.77. The predicted octanol–water partition coefficient (Wildman–Crippen LogP) is 2.28. The average Bonchev–Trinajstić information content (AvgIpc) is 2.81. The monoisotopic (exact) mass is 253 g/mol. The first-order chi connectivity index (χ1) is 8.58. The first-order valence-corrected chi connectivity index (χ1v) is 7.10. The Balaban J connectivity index is 1.85. The van der Waals surface area contributed by atoms with Gasteiger partial charge in [-0.05, 0) is 38.5 Å². The topological polar surface area (TPSA) is 57.6 Å². The Bertz CT molecular complexity index is 323. The second kappa shape index (κ2) is 5.72. The number of carboxylic acid groups (broad SMARTS) is 1. The number of piperidine rings is 1. The molecule has 0 aromatic heterocycles. The van der Waals surface area contributed by atoms with E-state index in [4.69, 9.17) is 5.11 Å². The summed E-state index contributed by atoms with van der Waals surface area (Å²) in [4.78, 5) is 25.1. The summed E-state index contributed by atoms with van der Waals surface area (Å²) in [7, 11) is 0. The van der Waals surface area contributed by atoms with E-state index < -0.39 is 5.97 Å². The molecule has 18 heavy (non-hydrogen) atoms. The van der Waals surface area contributed by atoms with Gasteiger partial charge in [-0.2, -0.15) is 0 Å². The standard InChI is InChI=1S/C14H23NO3/c1-10-8-12(14(17)18)6-7-15(10)13(16)9-11-4-2-3-5-11/h10-12H,2-9H2,1H3,(H,17,18). The van der Waals surface area contributed by atoms with Gasteiger partial charge in [-0.3, -0.25) is 9.59 Å². The lowest BCUT2D eigenvalue weighted by atomic mass is 9.91. The molecule has 1 saturated carbocycles. The summed E-state index contributed by atoms with van der Waals surface area (Å²) in [5.41, 5.74) is 0. The van der Waals surface area contributed by atoms with E-state index >= 15 is 0 Å². The molecule has 1 heterocycles. The summed E-state index contributed by atoms with van der Waals surface area (Å²) in [6, 6.07) is 0.0775. The van der Waals surface area contributed by atoms with E-state index in [0.717, 1.165) is 0 Å². The van der Waals surface area contributed by atoms with Crippen molar-refractivity contribution in [2.24, 2.45) is 11.8 Å². The Morgan fingerprint density at radius 2 is 1.89 bits per heavy atom. The predicted molar refractivity (Wildman–Crippen MR) is 68.1 cm³/mol. The van der Waals surface area contributed by atoms with Crippen molar-refractivity contribution in [3.8, 4) is 0 Å². The fourth-order valence-electron chi connectivity index (χ4n) is 3.35. The van der Waals surface area contributed by atoms with Crippen LogP contribution in [-0.2, 0) is 9.59 Å². The Hall–Kier alpha value is -1.06. The number of hydrogen-bond acceptors (Lipinski definition) is 2. The van der Waals surface area contributed by atoms with Crippen molar-refractivity contribution in [1.82, 2.24) is 4.90 Å². The van der Waals surface area contributed by atoms with Gasteiger partial charge in [0.25, 0.3) is 0 Å². The third-order valence-corrected chi connectivity index (χ3v) is 4.48. The van der Waals surface area contributed by atoms with Gasteiger partial charge in [-0.25, -0.2) is 0 Å². The van der Waals surface area contributed by atoms with Crippen molar-refractivity contribution in [2.75, 3.05) is 6.54 Å². The molecule has 1 saturated heterocycles. The second-order valence-corrected chi connectivity index (χ2v) is 5.85. The lowest BCUT2D eigenvalue weighted by Gasteiger charge is -2.36. The van der Waals surface area contributed by atoms with E-state index in [-0.39, 0.29) is 17.9 Å².